The van der Waals surface area contributed by atoms with Crippen molar-refractivity contribution in [2.75, 3.05) is 72.6 Å². The highest BCUT2D eigenvalue weighted by atomic mass is 35.5. The van der Waals surface area contributed by atoms with Crippen LogP contribution in [0.2, 0.25) is 0 Å². The number of hydrogen-bond donors (Lipinski definition) is 3. The highest BCUT2D eigenvalue weighted by Gasteiger charge is 2.38. The largest absolute Gasteiger partial charge is 0.493 e. The van der Waals surface area contributed by atoms with E-state index >= 15 is 0 Å². The van der Waals surface area contributed by atoms with Gasteiger partial charge >= 0.3 is 0 Å². The van der Waals surface area contributed by atoms with Crippen molar-refractivity contribution < 1.29 is 14.6 Å². The predicted octanol–water partition coefficient (Wildman–Crippen LogP) is 1.76. The standard InChI is InChI=1S/C23H38N4O3.2ClH/c1-29-22-14-19(15-27-11-6-23(18-27)4-7-24-8-5-23)2-3-21(22)30-17-20(28)16-26-12-9-25-10-13-26;;/h2-3,14,20,24-25,28H,4-13,15-18H2,1H3;2*1H. The number of likely N-dealkylation sites (tertiary alicyclic amines) is 1. The lowest BCUT2D eigenvalue weighted by molar-refractivity contribution is 0.0632. The number of aliphatic hydroxyl groups is 1. The zero-order chi connectivity index (χ0) is 20.8. The maximum Gasteiger partial charge on any atom is 0.161 e. The zero-order valence-corrected chi connectivity index (χ0v) is 20.8. The summed E-state index contributed by atoms with van der Waals surface area (Å²) in [5, 5.41) is 17.2. The topological polar surface area (TPSA) is 69.2 Å². The van der Waals surface area contributed by atoms with E-state index in [0.717, 1.165) is 51.6 Å². The second-order valence-corrected chi connectivity index (χ2v) is 9.21. The molecule has 3 saturated heterocycles. The molecule has 3 aliphatic heterocycles. The molecule has 0 saturated carbocycles. The maximum absolute atomic E-state index is 10.4. The first-order valence-electron chi connectivity index (χ1n) is 11.5. The van der Waals surface area contributed by atoms with Gasteiger partial charge in [-0.15, -0.1) is 24.8 Å². The lowest BCUT2D eigenvalue weighted by atomic mass is 9.78. The van der Waals surface area contributed by atoms with Gasteiger partial charge in [-0.25, -0.2) is 0 Å². The van der Waals surface area contributed by atoms with E-state index < -0.39 is 6.10 Å². The number of methoxy groups -OCH3 is 1. The molecule has 0 aliphatic carbocycles. The Balaban J connectivity index is 0.00000181. The average Bonchev–Trinajstić information content (AvgIpc) is 3.15. The Morgan fingerprint density at radius 1 is 0.969 bits per heavy atom. The van der Waals surface area contributed by atoms with Crippen molar-refractivity contribution >= 4 is 24.8 Å². The minimum absolute atomic E-state index is 0. The van der Waals surface area contributed by atoms with Crippen LogP contribution in [0.5, 0.6) is 11.5 Å². The zero-order valence-electron chi connectivity index (χ0n) is 19.2. The molecule has 1 aromatic rings. The van der Waals surface area contributed by atoms with Crippen LogP contribution in [0.15, 0.2) is 18.2 Å². The number of β-amino-alcohol motifs (C(OH)–C–C–N with tert-alkyl or cyclic N) is 1. The van der Waals surface area contributed by atoms with Gasteiger partial charge in [-0.3, -0.25) is 9.80 Å². The lowest BCUT2D eigenvalue weighted by Crippen LogP contribution is -2.47. The van der Waals surface area contributed by atoms with E-state index in [1.807, 2.05) is 6.07 Å². The molecule has 32 heavy (non-hydrogen) atoms. The van der Waals surface area contributed by atoms with Crippen LogP contribution in [0.1, 0.15) is 24.8 Å². The Bertz CT molecular complexity index is 685. The summed E-state index contributed by atoms with van der Waals surface area (Å²) in [4.78, 5) is 4.86. The monoisotopic (exact) mass is 490 g/mol. The maximum atomic E-state index is 10.4. The van der Waals surface area contributed by atoms with Crippen LogP contribution in [0.4, 0.5) is 0 Å². The molecule has 1 unspecified atom stereocenters. The van der Waals surface area contributed by atoms with Crippen LogP contribution in [0, 0.1) is 5.41 Å². The van der Waals surface area contributed by atoms with Crippen molar-refractivity contribution in [1.29, 1.82) is 0 Å². The molecule has 3 fully saturated rings. The van der Waals surface area contributed by atoms with E-state index in [1.54, 1.807) is 7.11 Å². The predicted molar refractivity (Wildman–Crippen MR) is 133 cm³/mol. The third-order valence-electron chi connectivity index (χ3n) is 6.93. The van der Waals surface area contributed by atoms with Crippen LogP contribution in [0.25, 0.3) is 0 Å². The summed E-state index contributed by atoms with van der Waals surface area (Å²) in [6.45, 7) is 10.5. The number of ether oxygens (including phenoxy) is 2. The van der Waals surface area contributed by atoms with E-state index in [9.17, 15) is 5.11 Å². The second-order valence-electron chi connectivity index (χ2n) is 9.21. The summed E-state index contributed by atoms with van der Waals surface area (Å²) in [6, 6.07) is 6.21. The van der Waals surface area contributed by atoms with E-state index in [1.165, 1.54) is 37.9 Å². The summed E-state index contributed by atoms with van der Waals surface area (Å²) >= 11 is 0. The van der Waals surface area contributed by atoms with Crippen LogP contribution in [-0.4, -0.2) is 93.6 Å². The van der Waals surface area contributed by atoms with Gasteiger partial charge in [-0.05, 0) is 62.0 Å². The van der Waals surface area contributed by atoms with Gasteiger partial charge in [0, 0.05) is 45.8 Å². The van der Waals surface area contributed by atoms with Crippen LogP contribution >= 0.6 is 24.8 Å². The highest BCUT2D eigenvalue weighted by Crippen LogP contribution is 2.39. The molecular weight excluding hydrogens is 451 g/mol. The highest BCUT2D eigenvalue weighted by molar-refractivity contribution is 5.85. The minimum Gasteiger partial charge on any atom is -0.493 e. The molecule has 0 bridgehead atoms. The Hall–Kier alpha value is -0.800. The smallest absolute Gasteiger partial charge is 0.161 e. The van der Waals surface area contributed by atoms with Gasteiger partial charge in [0.1, 0.15) is 12.7 Å². The number of piperazine rings is 1. The molecule has 3 N–H and O–H groups in total. The average molecular weight is 492 g/mol. The lowest BCUT2D eigenvalue weighted by Gasteiger charge is -2.34. The van der Waals surface area contributed by atoms with Crippen LogP contribution in [-0.2, 0) is 6.54 Å². The third-order valence-corrected chi connectivity index (χ3v) is 6.93. The fraction of sp³-hybridized carbons (Fsp3) is 0.739. The van der Waals surface area contributed by atoms with Crippen LogP contribution < -0.4 is 20.1 Å². The summed E-state index contributed by atoms with van der Waals surface area (Å²) in [6.07, 6.45) is 3.42. The first kappa shape index (κ1) is 27.4. The van der Waals surface area contributed by atoms with Gasteiger partial charge in [-0.1, -0.05) is 6.07 Å². The number of hydrogen-bond acceptors (Lipinski definition) is 7. The number of rotatable bonds is 8. The fourth-order valence-corrected chi connectivity index (χ4v) is 5.15. The second kappa shape index (κ2) is 13.2. The molecule has 3 heterocycles. The Kier molecular flexibility index (Phi) is 11.3. The molecule has 4 rings (SSSR count). The number of halogens is 2. The van der Waals surface area contributed by atoms with E-state index in [2.05, 4.69) is 32.6 Å². The molecule has 9 heteroatoms. The SMILES string of the molecule is COc1cc(CN2CCC3(CCNCC3)C2)ccc1OCC(O)CN1CCNCC1.Cl.Cl. The van der Waals surface area contributed by atoms with Crippen molar-refractivity contribution in [2.45, 2.75) is 31.9 Å². The van der Waals surface area contributed by atoms with Crippen molar-refractivity contribution in [2.24, 2.45) is 5.41 Å². The van der Waals surface area contributed by atoms with Crippen molar-refractivity contribution in [1.82, 2.24) is 20.4 Å². The first-order chi connectivity index (χ1) is 14.7. The third kappa shape index (κ3) is 7.35. The van der Waals surface area contributed by atoms with Crippen molar-refractivity contribution in [3.8, 4) is 11.5 Å². The summed E-state index contributed by atoms with van der Waals surface area (Å²) < 4.78 is 11.5. The summed E-state index contributed by atoms with van der Waals surface area (Å²) in [5.74, 6) is 1.45. The van der Waals surface area contributed by atoms with Gasteiger partial charge in [0.15, 0.2) is 11.5 Å². The number of benzene rings is 1. The minimum atomic E-state index is -0.502. The van der Waals surface area contributed by atoms with Gasteiger partial charge in [0.2, 0.25) is 0 Å². The molecule has 7 nitrogen and oxygen atoms in total. The molecular formula is C23H40Cl2N4O3. The number of nitrogens with one attached hydrogen (secondary N) is 2. The van der Waals surface area contributed by atoms with E-state index in [0.29, 0.717) is 17.7 Å². The number of aliphatic hydroxyl groups excluding tert-OH is 1. The van der Waals surface area contributed by atoms with Crippen LogP contribution in [0.3, 0.4) is 0 Å². The van der Waals surface area contributed by atoms with Gasteiger partial charge in [0.05, 0.1) is 7.11 Å². The molecule has 184 valence electrons. The Morgan fingerprint density at radius 3 is 2.41 bits per heavy atom. The normalized spacial score (nSPS) is 22.1. The molecule has 3 aliphatic rings. The molecule has 0 radical (unpaired) electrons. The fourth-order valence-electron chi connectivity index (χ4n) is 5.15. The van der Waals surface area contributed by atoms with E-state index in [-0.39, 0.29) is 31.4 Å². The Morgan fingerprint density at radius 2 is 1.69 bits per heavy atom. The molecule has 0 aromatic heterocycles. The number of nitrogens with zero attached hydrogens (tertiary/aromatic N) is 2. The van der Waals surface area contributed by atoms with E-state index in [4.69, 9.17) is 9.47 Å². The Labute approximate surface area is 205 Å². The molecule has 1 aromatic carbocycles. The van der Waals surface area contributed by atoms with Gasteiger partial charge in [0.25, 0.3) is 0 Å². The first-order valence-corrected chi connectivity index (χ1v) is 11.5. The molecule has 1 atom stereocenters. The molecule has 0 amide bonds. The van der Waals surface area contributed by atoms with Crippen molar-refractivity contribution in [3.05, 3.63) is 23.8 Å². The van der Waals surface area contributed by atoms with Gasteiger partial charge in [-0.2, -0.15) is 0 Å². The van der Waals surface area contributed by atoms with Gasteiger partial charge < -0.3 is 25.2 Å². The quantitative estimate of drug-likeness (QED) is 0.512. The van der Waals surface area contributed by atoms with Crippen molar-refractivity contribution in [3.63, 3.8) is 0 Å². The molecule has 1 spiro atoms. The number of piperidine rings is 1. The summed E-state index contributed by atoms with van der Waals surface area (Å²) in [5.41, 5.74) is 1.78. The summed E-state index contributed by atoms with van der Waals surface area (Å²) in [7, 11) is 1.68.